The molecule has 2 aromatic rings. The maximum absolute atomic E-state index is 12.2. The lowest BCUT2D eigenvalue weighted by atomic mass is 10.1. The highest BCUT2D eigenvalue weighted by molar-refractivity contribution is 5.95. The highest BCUT2D eigenvalue weighted by Gasteiger charge is 2.16. The topological polar surface area (TPSA) is 108 Å². The number of hydrogen-bond donors (Lipinski definition) is 3. The number of carbonyl (C=O) groups excluding carboxylic acids is 1. The van der Waals surface area contributed by atoms with E-state index in [0.29, 0.717) is 16.8 Å². The molecule has 2 rings (SSSR count). The Labute approximate surface area is 126 Å². The van der Waals surface area contributed by atoms with Gasteiger partial charge in [0.05, 0.1) is 5.69 Å². The van der Waals surface area contributed by atoms with Gasteiger partial charge in [-0.15, -0.1) is 0 Å². The van der Waals surface area contributed by atoms with Gasteiger partial charge in [0.2, 0.25) is 0 Å². The first kappa shape index (κ1) is 15.7. The zero-order valence-electron chi connectivity index (χ0n) is 13.0. The molecule has 0 aliphatic heterocycles. The van der Waals surface area contributed by atoms with Crippen LogP contribution in [0.15, 0.2) is 15.7 Å². The van der Waals surface area contributed by atoms with Gasteiger partial charge in [-0.25, -0.2) is 5.10 Å². The number of nitrogens with one attached hydrogen (secondary N) is 3. The quantitative estimate of drug-likeness (QED) is 0.772. The average Bonchev–Trinajstić information content (AvgIpc) is 2.42. The van der Waals surface area contributed by atoms with Crippen LogP contribution >= 0.6 is 0 Å². The van der Waals surface area contributed by atoms with Gasteiger partial charge >= 0.3 is 0 Å². The molecule has 0 unspecified atom stereocenters. The molecule has 0 aromatic carbocycles. The number of H-pyrrole nitrogens is 2. The minimum absolute atomic E-state index is 0.0219. The molecule has 2 heterocycles. The van der Waals surface area contributed by atoms with Crippen molar-refractivity contribution < 1.29 is 4.79 Å². The van der Waals surface area contributed by atoms with E-state index in [1.54, 1.807) is 27.7 Å². The number of rotatable bonds is 3. The average molecular weight is 302 g/mol. The summed E-state index contributed by atoms with van der Waals surface area (Å²) in [7, 11) is 0. The zero-order valence-corrected chi connectivity index (χ0v) is 13.0. The lowest BCUT2D eigenvalue weighted by molar-refractivity contribution is 0.0948. The molecule has 0 aliphatic rings. The molecule has 2 aromatic heterocycles. The molecule has 3 N–H and O–H groups in total. The number of pyridine rings is 1. The molecule has 0 radical (unpaired) electrons. The predicted molar refractivity (Wildman–Crippen MR) is 82.0 cm³/mol. The Kier molecular flexibility index (Phi) is 4.25. The van der Waals surface area contributed by atoms with Crippen molar-refractivity contribution in [2.75, 3.05) is 0 Å². The Balaban J connectivity index is 2.27. The van der Waals surface area contributed by atoms with E-state index in [2.05, 4.69) is 20.5 Å². The van der Waals surface area contributed by atoms with Gasteiger partial charge in [-0.1, -0.05) is 0 Å². The van der Waals surface area contributed by atoms with E-state index in [0.717, 1.165) is 11.3 Å². The number of aryl methyl sites for hydroxylation is 3. The van der Waals surface area contributed by atoms with Crippen molar-refractivity contribution in [3.63, 3.8) is 0 Å². The molecule has 0 aliphatic carbocycles. The van der Waals surface area contributed by atoms with Gasteiger partial charge in [0, 0.05) is 17.8 Å². The number of aromatic nitrogens is 3. The molecular weight excluding hydrogens is 284 g/mol. The Morgan fingerprint density at radius 2 is 1.86 bits per heavy atom. The van der Waals surface area contributed by atoms with Crippen LogP contribution in [0.3, 0.4) is 0 Å². The van der Waals surface area contributed by atoms with Crippen LogP contribution in [0.4, 0.5) is 0 Å². The Morgan fingerprint density at radius 3 is 2.50 bits per heavy atom. The van der Waals surface area contributed by atoms with Crippen LogP contribution in [0.25, 0.3) is 0 Å². The molecule has 7 heteroatoms. The number of carbonyl (C=O) groups is 1. The fourth-order valence-corrected chi connectivity index (χ4v) is 2.26. The summed E-state index contributed by atoms with van der Waals surface area (Å²) in [6.45, 7) is 7.02. The summed E-state index contributed by atoms with van der Waals surface area (Å²) >= 11 is 0. The second-order valence-corrected chi connectivity index (χ2v) is 5.26. The highest BCUT2D eigenvalue weighted by atomic mass is 16.2. The van der Waals surface area contributed by atoms with Crippen LogP contribution in [0.1, 0.15) is 38.4 Å². The first-order valence-corrected chi connectivity index (χ1v) is 6.84. The third-order valence-corrected chi connectivity index (χ3v) is 3.62. The smallest absolute Gasteiger partial charge is 0.277 e. The van der Waals surface area contributed by atoms with Crippen molar-refractivity contribution in [3.05, 3.63) is 60.4 Å². The molecule has 0 spiro atoms. The monoisotopic (exact) mass is 302 g/mol. The summed E-state index contributed by atoms with van der Waals surface area (Å²) < 4.78 is 0. The molecule has 0 fully saturated rings. The van der Waals surface area contributed by atoms with E-state index >= 15 is 0 Å². The van der Waals surface area contributed by atoms with Crippen molar-refractivity contribution in [3.8, 4) is 0 Å². The van der Waals surface area contributed by atoms with Gasteiger partial charge in [-0.05, 0) is 44.9 Å². The van der Waals surface area contributed by atoms with Crippen LogP contribution < -0.4 is 16.4 Å². The van der Waals surface area contributed by atoms with Gasteiger partial charge in [-0.2, -0.15) is 5.10 Å². The number of amides is 1. The maximum Gasteiger partial charge on any atom is 0.277 e. The largest absolute Gasteiger partial charge is 0.348 e. The predicted octanol–water partition coefficient (Wildman–Crippen LogP) is 0.622. The van der Waals surface area contributed by atoms with Crippen LogP contribution in [-0.2, 0) is 6.54 Å². The first-order chi connectivity index (χ1) is 10.3. The van der Waals surface area contributed by atoms with Crippen molar-refractivity contribution >= 4 is 5.91 Å². The molecule has 22 heavy (non-hydrogen) atoms. The summed E-state index contributed by atoms with van der Waals surface area (Å²) in [5.74, 6) is -0.524. The van der Waals surface area contributed by atoms with E-state index in [1.807, 2.05) is 6.07 Å². The molecule has 0 saturated carbocycles. The Hall–Kier alpha value is -2.70. The molecular formula is C15H18N4O3. The van der Waals surface area contributed by atoms with Crippen molar-refractivity contribution in [1.82, 2.24) is 20.5 Å². The SMILES string of the molecule is Cc1cc(C)c(CNC(=O)c2c(C)c(C)n[nH]c2=O)c(=O)[nH]1. The van der Waals surface area contributed by atoms with Crippen LogP contribution in [0.5, 0.6) is 0 Å². The minimum Gasteiger partial charge on any atom is -0.348 e. The zero-order chi connectivity index (χ0) is 16.4. The number of hydrogen-bond acceptors (Lipinski definition) is 4. The second kappa shape index (κ2) is 5.97. The summed E-state index contributed by atoms with van der Waals surface area (Å²) in [4.78, 5) is 38.6. The minimum atomic E-state index is -0.546. The summed E-state index contributed by atoms with van der Waals surface area (Å²) in [6.07, 6.45) is 0. The standard InChI is InChI=1S/C15H18N4O3/c1-7-5-8(2)17-13(20)11(7)6-16-14(21)12-9(3)10(4)18-19-15(12)22/h5H,6H2,1-4H3,(H,16,21)(H,17,20)(H,19,22). The summed E-state index contributed by atoms with van der Waals surface area (Å²) in [6, 6.07) is 1.83. The summed E-state index contributed by atoms with van der Waals surface area (Å²) in [5, 5.41) is 8.71. The van der Waals surface area contributed by atoms with Gasteiger partial charge in [-0.3, -0.25) is 14.4 Å². The number of nitrogens with zero attached hydrogens (tertiary/aromatic N) is 1. The van der Waals surface area contributed by atoms with Crippen molar-refractivity contribution in [1.29, 1.82) is 0 Å². The molecule has 0 bridgehead atoms. The highest BCUT2D eigenvalue weighted by Crippen LogP contribution is 2.06. The maximum atomic E-state index is 12.2. The molecule has 1 amide bonds. The Bertz CT molecular complexity index is 849. The molecule has 116 valence electrons. The molecule has 0 atom stereocenters. The Morgan fingerprint density at radius 1 is 1.18 bits per heavy atom. The fraction of sp³-hybridized carbons (Fsp3) is 0.333. The van der Waals surface area contributed by atoms with Gasteiger partial charge in [0.25, 0.3) is 17.0 Å². The van der Waals surface area contributed by atoms with Crippen molar-refractivity contribution in [2.24, 2.45) is 0 Å². The van der Waals surface area contributed by atoms with E-state index in [9.17, 15) is 14.4 Å². The van der Waals surface area contributed by atoms with E-state index in [1.165, 1.54) is 0 Å². The van der Waals surface area contributed by atoms with Gasteiger partial charge in [0.15, 0.2) is 0 Å². The van der Waals surface area contributed by atoms with Crippen LogP contribution in [0.2, 0.25) is 0 Å². The first-order valence-electron chi connectivity index (χ1n) is 6.84. The van der Waals surface area contributed by atoms with Crippen LogP contribution in [0, 0.1) is 27.7 Å². The fourth-order valence-electron chi connectivity index (χ4n) is 2.26. The molecule has 0 saturated heterocycles. The third kappa shape index (κ3) is 2.98. The lowest BCUT2D eigenvalue weighted by Crippen LogP contribution is -2.33. The van der Waals surface area contributed by atoms with E-state index in [-0.39, 0.29) is 17.7 Å². The molecule has 7 nitrogen and oxygen atoms in total. The lowest BCUT2D eigenvalue weighted by Gasteiger charge is -2.09. The van der Waals surface area contributed by atoms with E-state index in [4.69, 9.17) is 0 Å². The van der Waals surface area contributed by atoms with E-state index < -0.39 is 11.5 Å². The van der Waals surface area contributed by atoms with Crippen molar-refractivity contribution in [2.45, 2.75) is 34.2 Å². The van der Waals surface area contributed by atoms with Crippen LogP contribution in [-0.4, -0.2) is 21.1 Å². The van der Waals surface area contributed by atoms with Gasteiger partial charge < -0.3 is 10.3 Å². The second-order valence-electron chi connectivity index (χ2n) is 5.26. The normalized spacial score (nSPS) is 10.5. The number of aromatic amines is 2. The third-order valence-electron chi connectivity index (χ3n) is 3.62. The van der Waals surface area contributed by atoms with Gasteiger partial charge in [0.1, 0.15) is 5.56 Å². The summed E-state index contributed by atoms with van der Waals surface area (Å²) in [5.41, 5.74) is 2.36.